The molecule has 0 aliphatic rings. The first-order chi connectivity index (χ1) is 14.7. The highest BCUT2D eigenvalue weighted by atomic mass is 35.5. The van der Waals surface area contributed by atoms with Crippen LogP contribution >= 0.6 is 11.6 Å². The molecule has 0 atom stereocenters. The molecule has 162 valence electrons. The molecule has 0 radical (unpaired) electrons. The fraction of sp³-hybridized carbons (Fsp3) is 0.136. The van der Waals surface area contributed by atoms with Gasteiger partial charge in [0.25, 0.3) is 15.9 Å². The van der Waals surface area contributed by atoms with Crippen LogP contribution in [0.3, 0.4) is 0 Å². The van der Waals surface area contributed by atoms with Gasteiger partial charge in [0.2, 0.25) is 0 Å². The Morgan fingerprint density at radius 3 is 2.32 bits per heavy atom. The molecule has 0 spiro atoms. The van der Waals surface area contributed by atoms with E-state index in [4.69, 9.17) is 16.3 Å². The molecule has 3 aromatic carbocycles. The molecule has 0 heterocycles. The molecule has 3 aromatic rings. The maximum absolute atomic E-state index is 13.1. The van der Waals surface area contributed by atoms with Crippen molar-refractivity contribution in [2.75, 3.05) is 18.5 Å². The molecule has 0 aromatic heterocycles. The topological polar surface area (TPSA) is 75.7 Å². The molecule has 0 aliphatic carbocycles. The third-order valence-corrected chi connectivity index (χ3v) is 6.75. The number of halogens is 2. The lowest BCUT2D eigenvalue weighted by atomic mass is 10.2. The molecule has 6 nitrogen and oxygen atoms in total. The first kappa shape index (κ1) is 22.6. The Balaban J connectivity index is 1.82. The van der Waals surface area contributed by atoms with E-state index in [1.807, 2.05) is 0 Å². The van der Waals surface area contributed by atoms with Crippen molar-refractivity contribution in [2.24, 2.45) is 0 Å². The summed E-state index contributed by atoms with van der Waals surface area (Å²) in [5.41, 5.74) is 1.14. The zero-order valence-corrected chi connectivity index (χ0v) is 18.4. The van der Waals surface area contributed by atoms with Gasteiger partial charge in [-0.1, -0.05) is 23.7 Å². The number of rotatable bonds is 7. The molecule has 1 N–H and O–H groups in total. The minimum Gasteiger partial charge on any atom is -0.497 e. The second-order valence-corrected chi connectivity index (χ2v) is 9.00. The van der Waals surface area contributed by atoms with Gasteiger partial charge in [0.15, 0.2) is 0 Å². The number of benzene rings is 3. The first-order valence-electron chi connectivity index (χ1n) is 9.17. The maximum Gasteiger partial charge on any atom is 0.264 e. The van der Waals surface area contributed by atoms with Crippen LogP contribution in [-0.2, 0) is 16.6 Å². The van der Waals surface area contributed by atoms with Gasteiger partial charge in [-0.15, -0.1) is 0 Å². The Kier molecular flexibility index (Phi) is 6.82. The van der Waals surface area contributed by atoms with Gasteiger partial charge in [0.05, 0.1) is 28.3 Å². The van der Waals surface area contributed by atoms with Crippen LogP contribution in [0.25, 0.3) is 0 Å². The summed E-state index contributed by atoms with van der Waals surface area (Å²) in [6.07, 6.45) is 0. The van der Waals surface area contributed by atoms with Gasteiger partial charge in [0.1, 0.15) is 11.6 Å². The number of ether oxygens (including phenoxy) is 1. The van der Waals surface area contributed by atoms with Crippen molar-refractivity contribution in [1.29, 1.82) is 0 Å². The van der Waals surface area contributed by atoms with Crippen LogP contribution in [0.1, 0.15) is 15.9 Å². The lowest BCUT2D eigenvalue weighted by molar-refractivity contribution is 0.0951. The molecule has 0 unspecified atom stereocenters. The number of nitrogens with zero attached hydrogens (tertiary/aromatic N) is 1. The summed E-state index contributed by atoms with van der Waals surface area (Å²) in [5, 5.41) is 2.77. The van der Waals surface area contributed by atoms with Gasteiger partial charge in [-0.2, -0.15) is 0 Å². The van der Waals surface area contributed by atoms with E-state index in [9.17, 15) is 17.6 Å². The van der Waals surface area contributed by atoms with Crippen LogP contribution in [0.15, 0.2) is 71.6 Å². The highest BCUT2D eigenvalue weighted by molar-refractivity contribution is 7.92. The molecule has 0 bridgehead atoms. The SMILES string of the molecule is COc1ccc(N(C)S(=O)(=O)c2ccc(Cl)c(C(=O)NCc3ccc(F)cc3)c2)cc1. The highest BCUT2D eigenvalue weighted by Crippen LogP contribution is 2.27. The summed E-state index contributed by atoms with van der Waals surface area (Å²) in [4.78, 5) is 12.5. The second kappa shape index (κ2) is 9.36. The Hall–Kier alpha value is -3.10. The van der Waals surface area contributed by atoms with Crippen molar-refractivity contribution in [3.8, 4) is 5.75 Å². The fourth-order valence-electron chi connectivity index (χ4n) is 2.81. The number of anilines is 1. The standard InChI is InChI=1S/C22H20ClFN2O4S/c1-26(17-7-9-18(30-2)10-8-17)31(28,29)19-11-12-21(23)20(13-19)22(27)25-14-15-3-5-16(24)6-4-15/h3-13H,14H2,1-2H3,(H,25,27). The van der Waals surface area contributed by atoms with Crippen molar-refractivity contribution in [3.63, 3.8) is 0 Å². The molecule has 0 saturated heterocycles. The third kappa shape index (κ3) is 5.15. The summed E-state index contributed by atoms with van der Waals surface area (Å²) in [5.74, 6) is -0.323. The van der Waals surface area contributed by atoms with Crippen LogP contribution in [0.4, 0.5) is 10.1 Å². The van der Waals surface area contributed by atoms with E-state index in [-0.39, 0.29) is 27.8 Å². The van der Waals surface area contributed by atoms with Gasteiger partial charge < -0.3 is 10.1 Å². The Labute approximate surface area is 185 Å². The van der Waals surface area contributed by atoms with Gasteiger partial charge >= 0.3 is 0 Å². The monoisotopic (exact) mass is 462 g/mol. The van der Waals surface area contributed by atoms with E-state index in [2.05, 4.69) is 5.32 Å². The second-order valence-electron chi connectivity index (χ2n) is 6.62. The number of sulfonamides is 1. The number of methoxy groups -OCH3 is 1. The summed E-state index contributed by atoms with van der Waals surface area (Å²) >= 11 is 6.14. The van der Waals surface area contributed by atoms with Crippen molar-refractivity contribution in [3.05, 3.63) is 88.7 Å². The number of carbonyl (C=O) groups is 1. The molecule has 3 rings (SSSR count). The summed E-state index contributed by atoms with van der Waals surface area (Å²) < 4.78 is 45.3. The van der Waals surface area contributed by atoms with Crippen molar-refractivity contribution in [2.45, 2.75) is 11.4 Å². The summed E-state index contributed by atoms with van der Waals surface area (Å²) in [6.45, 7) is 0.137. The average Bonchev–Trinajstić information content (AvgIpc) is 2.78. The minimum atomic E-state index is -3.94. The Bertz CT molecular complexity index is 1180. The summed E-state index contributed by atoms with van der Waals surface area (Å²) in [7, 11) is -1.01. The normalized spacial score (nSPS) is 11.1. The molecule has 1 amide bonds. The van der Waals surface area contributed by atoms with Gasteiger partial charge in [-0.25, -0.2) is 12.8 Å². The van der Waals surface area contributed by atoms with E-state index >= 15 is 0 Å². The maximum atomic E-state index is 13.1. The minimum absolute atomic E-state index is 0.0213. The van der Waals surface area contributed by atoms with Crippen LogP contribution in [0.2, 0.25) is 5.02 Å². The molecule has 9 heteroatoms. The van der Waals surface area contributed by atoms with Crippen LogP contribution in [0.5, 0.6) is 5.75 Å². The molecule has 31 heavy (non-hydrogen) atoms. The molecular weight excluding hydrogens is 443 g/mol. The first-order valence-corrected chi connectivity index (χ1v) is 11.0. The van der Waals surface area contributed by atoms with Crippen molar-refractivity contribution >= 4 is 33.2 Å². The fourth-order valence-corrected chi connectivity index (χ4v) is 4.23. The largest absolute Gasteiger partial charge is 0.497 e. The van der Waals surface area contributed by atoms with E-state index in [1.54, 1.807) is 36.4 Å². The van der Waals surface area contributed by atoms with E-state index in [0.29, 0.717) is 17.0 Å². The molecule has 0 fully saturated rings. The predicted molar refractivity (Wildman–Crippen MR) is 118 cm³/mol. The van der Waals surface area contributed by atoms with Crippen LogP contribution in [0, 0.1) is 5.82 Å². The lowest BCUT2D eigenvalue weighted by Gasteiger charge is -2.20. The predicted octanol–water partition coefficient (Wildman–Crippen LogP) is 4.24. The van der Waals surface area contributed by atoms with E-state index < -0.39 is 15.9 Å². The Morgan fingerprint density at radius 2 is 1.71 bits per heavy atom. The molecular formula is C22H20ClFN2O4S. The summed E-state index contributed by atoms with van der Waals surface area (Å²) in [6, 6.07) is 16.1. The quantitative estimate of drug-likeness (QED) is 0.569. The Morgan fingerprint density at radius 1 is 1.06 bits per heavy atom. The van der Waals surface area contributed by atoms with E-state index in [0.717, 1.165) is 4.31 Å². The molecule has 0 aliphatic heterocycles. The number of amides is 1. The number of carbonyl (C=O) groups excluding carboxylic acids is 1. The van der Waals surface area contributed by atoms with Gasteiger partial charge in [0, 0.05) is 13.6 Å². The van der Waals surface area contributed by atoms with Crippen molar-refractivity contribution in [1.82, 2.24) is 5.32 Å². The van der Waals surface area contributed by atoms with Gasteiger partial charge in [-0.3, -0.25) is 9.10 Å². The van der Waals surface area contributed by atoms with E-state index in [1.165, 1.54) is 44.5 Å². The zero-order chi connectivity index (χ0) is 22.6. The number of hydrogen-bond donors (Lipinski definition) is 1. The smallest absolute Gasteiger partial charge is 0.264 e. The lowest BCUT2D eigenvalue weighted by Crippen LogP contribution is -2.27. The van der Waals surface area contributed by atoms with Crippen molar-refractivity contribution < 1.29 is 22.3 Å². The van der Waals surface area contributed by atoms with Crippen LogP contribution < -0.4 is 14.4 Å². The van der Waals surface area contributed by atoms with Gasteiger partial charge in [-0.05, 0) is 60.2 Å². The number of hydrogen-bond acceptors (Lipinski definition) is 4. The zero-order valence-electron chi connectivity index (χ0n) is 16.8. The van der Waals surface area contributed by atoms with Crippen LogP contribution in [-0.4, -0.2) is 28.5 Å². The third-order valence-electron chi connectivity index (χ3n) is 4.64. The molecule has 0 saturated carbocycles. The number of nitrogens with one attached hydrogen (secondary N) is 1. The highest BCUT2D eigenvalue weighted by Gasteiger charge is 2.24. The average molecular weight is 463 g/mol.